The molecule has 7 nitrogen and oxygen atoms in total. The second-order valence-corrected chi connectivity index (χ2v) is 7.71. The van der Waals surface area contributed by atoms with Crippen molar-refractivity contribution in [2.75, 3.05) is 18.4 Å². The molecule has 1 N–H and O–H groups in total. The topological polar surface area (TPSA) is 75.9 Å². The van der Waals surface area contributed by atoms with Crippen LogP contribution in [0.5, 0.6) is 0 Å². The van der Waals surface area contributed by atoms with E-state index in [1.165, 1.54) is 0 Å². The highest BCUT2D eigenvalue weighted by Gasteiger charge is 2.23. The van der Waals surface area contributed by atoms with Gasteiger partial charge in [0.15, 0.2) is 0 Å². The van der Waals surface area contributed by atoms with E-state index in [1.807, 2.05) is 46.2 Å². The van der Waals surface area contributed by atoms with Crippen LogP contribution in [0.25, 0.3) is 10.6 Å². The minimum Gasteiger partial charge on any atom is -0.325 e. The molecular formula is C19H22N6OS. The summed E-state index contributed by atoms with van der Waals surface area (Å²) in [6, 6.07) is 7.83. The summed E-state index contributed by atoms with van der Waals surface area (Å²) in [5, 5.41) is 10.2. The molecular weight excluding hydrogens is 360 g/mol. The van der Waals surface area contributed by atoms with Gasteiger partial charge in [-0.05, 0) is 49.9 Å². The van der Waals surface area contributed by atoms with E-state index < -0.39 is 0 Å². The third kappa shape index (κ3) is 4.33. The number of urea groups is 1. The van der Waals surface area contributed by atoms with Crippen molar-refractivity contribution >= 4 is 23.1 Å². The number of hydrogen-bond donors (Lipinski definition) is 1. The minimum atomic E-state index is -0.0351. The molecule has 1 fully saturated rings. The lowest BCUT2D eigenvalue weighted by Gasteiger charge is -2.31. The molecule has 0 bridgehead atoms. The van der Waals surface area contributed by atoms with E-state index in [0.29, 0.717) is 5.92 Å². The number of likely N-dealkylation sites (tertiary alicyclic amines) is 1. The van der Waals surface area contributed by atoms with Gasteiger partial charge in [-0.2, -0.15) is 5.10 Å². The van der Waals surface area contributed by atoms with Crippen molar-refractivity contribution in [3.05, 3.63) is 48.0 Å². The number of aryl methyl sites for hydroxylation is 1. The monoisotopic (exact) mass is 382 g/mol. The fraction of sp³-hybridized carbons (Fsp3) is 0.368. The van der Waals surface area contributed by atoms with Gasteiger partial charge in [0.1, 0.15) is 17.7 Å². The first kappa shape index (κ1) is 17.7. The molecule has 0 unspecified atom stereocenters. The maximum Gasteiger partial charge on any atom is 0.321 e. The van der Waals surface area contributed by atoms with E-state index >= 15 is 0 Å². The molecule has 0 atom stereocenters. The molecule has 1 saturated heterocycles. The van der Waals surface area contributed by atoms with E-state index in [1.54, 1.807) is 24.0 Å². The molecule has 8 heteroatoms. The number of thiazole rings is 1. The highest BCUT2D eigenvalue weighted by atomic mass is 32.1. The van der Waals surface area contributed by atoms with Crippen molar-refractivity contribution in [2.45, 2.75) is 26.3 Å². The molecule has 2 aromatic heterocycles. The number of amides is 2. The van der Waals surface area contributed by atoms with E-state index in [9.17, 15) is 4.79 Å². The molecule has 0 radical (unpaired) electrons. The largest absolute Gasteiger partial charge is 0.325 e. The zero-order valence-electron chi connectivity index (χ0n) is 15.2. The van der Waals surface area contributed by atoms with Gasteiger partial charge in [0.05, 0.1) is 0 Å². The van der Waals surface area contributed by atoms with Gasteiger partial charge in [0, 0.05) is 42.0 Å². The maximum atomic E-state index is 12.5. The first-order valence-electron chi connectivity index (χ1n) is 9.08. The summed E-state index contributed by atoms with van der Waals surface area (Å²) in [6.07, 6.45) is 5.27. The van der Waals surface area contributed by atoms with Crippen LogP contribution in [0.2, 0.25) is 0 Å². The molecule has 27 heavy (non-hydrogen) atoms. The minimum absolute atomic E-state index is 0.0351. The van der Waals surface area contributed by atoms with Crippen LogP contribution in [-0.4, -0.2) is 43.8 Å². The number of carbonyl (C=O) groups excluding carboxylic acids is 1. The molecule has 0 spiro atoms. The maximum absolute atomic E-state index is 12.5. The average Bonchev–Trinajstić information content (AvgIpc) is 3.35. The number of nitrogens with zero attached hydrogens (tertiary/aromatic N) is 5. The van der Waals surface area contributed by atoms with Crippen molar-refractivity contribution in [3.63, 3.8) is 0 Å². The molecule has 4 rings (SSSR count). The number of aromatic nitrogens is 4. The van der Waals surface area contributed by atoms with Crippen molar-refractivity contribution in [1.82, 2.24) is 24.6 Å². The molecule has 3 heterocycles. The first-order valence-corrected chi connectivity index (χ1v) is 9.96. The lowest BCUT2D eigenvalue weighted by molar-refractivity contribution is 0.175. The second kappa shape index (κ2) is 7.87. The number of rotatable bonds is 4. The lowest BCUT2D eigenvalue weighted by Crippen LogP contribution is -2.41. The highest BCUT2D eigenvalue weighted by molar-refractivity contribution is 7.13. The number of anilines is 1. The van der Waals surface area contributed by atoms with Gasteiger partial charge in [-0.3, -0.25) is 4.68 Å². The Balaban J connectivity index is 1.29. The van der Waals surface area contributed by atoms with Gasteiger partial charge < -0.3 is 10.2 Å². The second-order valence-electron chi connectivity index (χ2n) is 6.85. The third-order valence-electron chi connectivity index (χ3n) is 4.82. The smallest absolute Gasteiger partial charge is 0.321 e. The van der Waals surface area contributed by atoms with Crippen LogP contribution in [-0.2, 0) is 6.54 Å². The Hall–Kier alpha value is -2.74. The fourth-order valence-electron chi connectivity index (χ4n) is 3.30. The molecule has 1 aliphatic rings. The zero-order valence-corrected chi connectivity index (χ0v) is 16.0. The summed E-state index contributed by atoms with van der Waals surface area (Å²) in [4.78, 5) is 22.9. The Labute approximate surface area is 162 Å². The van der Waals surface area contributed by atoms with Crippen molar-refractivity contribution < 1.29 is 4.79 Å². The Morgan fingerprint density at radius 2 is 2.04 bits per heavy atom. The predicted octanol–water partition coefficient (Wildman–Crippen LogP) is 3.65. The van der Waals surface area contributed by atoms with Gasteiger partial charge in [-0.15, -0.1) is 11.3 Å². The number of piperidine rings is 1. The standard InChI is InChI=1S/C19H22N6OS/c1-14-11-27-18(22-14)16-2-4-17(5-3-16)23-19(26)24-8-6-15(7-9-24)10-25-13-20-12-21-25/h2-5,11-13,15H,6-10H2,1H3,(H,23,26). The van der Waals surface area contributed by atoms with Crippen LogP contribution in [0, 0.1) is 12.8 Å². The Bertz CT molecular complexity index is 881. The molecule has 1 aliphatic heterocycles. The Morgan fingerprint density at radius 1 is 1.26 bits per heavy atom. The summed E-state index contributed by atoms with van der Waals surface area (Å²) in [7, 11) is 0. The predicted molar refractivity (Wildman–Crippen MR) is 106 cm³/mol. The molecule has 3 aromatic rings. The van der Waals surface area contributed by atoms with Crippen LogP contribution in [0.3, 0.4) is 0 Å². The zero-order chi connectivity index (χ0) is 18.6. The first-order chi connectivity index (χ1) is 13.2. The van der Waals surface area contributed by atoms with Crippen LogP contribution >= 0.6 is 11.3 Å². The Morgan fingerprint density at radius 3 is 2.67 bits per heavy atom. The summed E-state index contributed by atoms with van der Waals surface area (Å²) < 4.78 is 1.87. The van der Waals surface area contributed by atoms with E-state index in [4.69, 9.17) is 0 Å². The van der Waals surface area contributed by atoms with E-state index in [-0.39, 0.29) is 6.03 Å². The normalized spacial score (nSPS) is 15.1. The van der Waals surface area contributed by atoms with Gasteiger partial charge in [-0.25, -0.2) is 14.8 Å². The molecule has 2 amide bonds. The van der Waals surface area contributed by atoms with Gasteiger partial charge in [0.25, 0.3) is 0 Å². The van der Waals surface area contributed by atoms with Crippen LogP contribution in [0.4, 0.5) is 10.5 Å². The third-order valence-corrected chi connectivity index (χ3v) is 5.82. The van der Waals surface area contributed by atoms with Crippen LogP contribution < -0.4 is 5.32 Å². The lowest BCUT2D eigenvalue weighted by atomic mass is 9.97. The van der Waals surface area contributed by atoms with E-state index in [0.717, 1.165) is 54.4 Å². The van der Waals surface area contributed by atoms with Crippen LogP contribution in [0.15, 0.2) is 42.3 Å². The van der Waals surface area contributed by atoms with Crippen molar-refractivity contribution in [1.29, 1.82) is 0 Å². The van der Waals surface area contributed by atoms with Gasteiger partial charge in [0.2, 0.25) is 0 Å². The quantitative estimate of drug-likeness (QED) is 0.747. The van der Waals surface area contributed by atoms with Gasteiger partial charge in [-0.1, -0.05) is 0 Å². The number of hydrogen-bond acceptors (Lipinski definition) is 5. The summed E-state index contributed by atoms with van der Waals surface area (Å²) in [6.45, 7) is 4.39. The van der Waals surface area contributed by atoms with E-state index in [2.05, 4.69) is 20.4 Å². The number of carbonyl (C=O) groups is 1. The molecule has 140 valence electrons. The summed E-state index contributed by atoms with van der Waals surface area (Å²) in [5.41, 5.74) is 2.90. The van der Waals surface area contributed by atoms with Crippen molar-refractivity contribution in [2.24, 2.45) is 5.92 Å². The van der Waals surface area contributed by atoms with Crippen molar-refractivity contribution in [3.8, 4) is 10.6 Å². The average molecular weight is 382 g/mol. The molecule has 0 saturated carbocycles. The molecule has 0 aliphatic carbocycles. The number of nitrogens with one attached hydrogen (secondary N) is 1. The highest BCUT2D eigenvalue weighted by Crippen LogP contribution is 2.25. The molecule has 1 aromatic carbocycles. The summed E-state index contributed by atoms with van der Waals surface area (Å²) >= 11 is 1.63. The number of benzene rings is 1. The fourth-order valence-corrected chi connectivity index (χ4v) is 4.10. The SMILES string of the molecule is Cc1csc(-c2ccc(NC(=O)N3CCC(Cn4cncn4)CC3)cc2)n1. The van der Waals surface area contributed by atoms with Crippen LogP contribution in [0.1, 0.15) is 18.5 Å². The Kier molecular flexibility index (Phi) is 5.15. The summed E-state index contributed by atoms with van der Waals surface area (Å²) in [5.74, 6) is 0.539. The van der Waals surface area contributed by atoms with Gasteiger partial charge >= 0.3 is 6.03 Å².